The lowest BCUT2D eigenvalue weighted by Gasteiger charge is -2.26. The molecule has 1 fully saturated rings. The number of nitriles is 1. The number of anilines is 3. The van der Waals surface area contributed by atoms with Crippen molar-refractivity contribution in [2.24, 2.45) is 0 Å². The van der Waals surface area contributed by atoms with Gasteiger partial charge in [0.05, 0.1) is 64.0 Å². The molecular weight excluding hydrogens is 600 g/mol. The van der Waals surface area contributed by atoms with E-state index in [0.717, 1.165) is 38.5 Å². The maximum absolute atomic E-state index is 13.8. The van der Waals surface area contributed by atoms with E-state index in [0.29, 0.717) is 45.2 Å². The van der Waals surface area contributed by atoms with Gasteiger partial charge in [0.1, 0.15) is 23.6 Å². The van der Waals surface area contributed by atoms with Gasteiger partial charge < -0.3 is 15.4 Å². The summed E-state index contributed by atoms with van der Waals surface area (Å²) in [5.74, 6) is -0.539. The molecule has 2 aromatic carbocycles. The number of halogens is 3. The standard InChI is InChI=1S/C28H24Cl2FN9OS/c29-21-10-18(1-2-23(21)31)35-26-17(12-32)13-33-27-20(26)9-19(11-22(27)30)36-28(25-15-42-16-34-25)24-14-40(38-37-24)4-3-39-5-7-41-8-6-39/h1-2,9-11,13-16,28,36H,3-8H2,(H,33,35)/t28-/m1/s1. The first-order chi connectivity index (χ1) is 20.5. The normalized spacial score (nSPS) is 14.5. The number of aromatic nitrogens is 5. The lowest BCUT2D eigenvalue weighted by atomic mass is 10.1. The largest absolute Gasteiger partial charge is 0.379 e. The molecule has 0 aliphatic carbocycles. The first-order valence-electron chi connectivity index (χ1n) is 13.1. The molecule has 0 unspecified atom stereocenters. The van der Waals surface area contributed by atoms with Gasteiger partial charge in [0.15, 0.2) is 0 Å². The molecular formula is C28H24Cl2FN9OS. The maximum atomic E-state index is 13.8. The Balaban J connectivity index is 1.32. The summed E-state index contributed by atoms with van der Waals surface area (Å²) in [5, 5.41) is 28.3. The van der Waals surface area contributed by atoms with Crippen LogP contribution in [0.5, 0.6) is 0 Å². The molecule has 1 atom stereocenters. The summed E-state index contributed by atoms with van der Waals surface area (Å²) < 4.78 is 21.0. The van der Waals surface area contributed by atoms with E-state index in [9.17, 15) is 9.65 Å². The van der Waals surface area contributed by atoms with E-state index in [1.165, 1.54) is 29.7 Å². The lowest BCUT2D eigenvalue weighted by molar-refractivity contribution is 0.0359. The molecule has 0 bridgehead atoms. The minimum absolute atomic E-state index is 0.0404. The van der Waals surface area contributed by atoms with Gasteiger partial charge in [-0.2, -0.15) is 5.26 Å². The van der Waals surface area contributed by atoms with Crippen LogP contribution in [-0.4, -0.2) is 62.7 Å². The summed E-state index contributed by atoms with van der Waals surface area (Å²) in [6, 6.07) is 9.62. The number of thiazole rings is 1. The number of nitrogens with one attached hydrogen (secondary N) is 2. The fourth-order valence-electron chi connectivity index (χ4n) is 4.73. The molecule has 2 N–H and O–H groups in total. The Labute approximate surface area is 254 Å². The van der Waals surface area contributed by atoms with Crippen molar-refractivity contribution in [3.05, 3.63) is 86.4 Å². The van der Waals surface area contributed by atoms with E-state index in [2.05, 4.69) is 41.9 Å². The van der Waals surface area contributed by atoms with E-state index < -0.39 is 11.9 Å². The van der Waals surface area contributed by atoms with Gasteiger partial charge in [0.2, 0.25) is 0 Å². The summed E-state index contributed by atoms with van der Waals surface area (Å²) in [5.41, 5.74) is 5.65. The Morgan fingerprint density at radius 3 is 2.67 bits per heavy atom. The molecule has 3 aromatic heterocycles. The molecule has 0 spiro atoms. The average Bonchev–Trinajstić information content (AvgIpc) is 3.71. The topological polar surface area (TPSA) is 117 Å². The van der Waals surface area contributed by atoms with Crippen molar-refractivity contribution in [3.63, 3.8) is 0 Å². The quantitative estimate of drug-likeness (QED) is 0.208. The fourth-order valence-corrected chi connectivity index (χ4v) is 5.76. The van der Waals surface area contributed by atoms with Gasteiger partial charge in [-0.3, -0.25) is 14.6 Å². The van der Waals surface area contributed by atoms with Crippen molar-refractivity contribution in [1.82, 2.24) is 29.9 Å². The third-order valence-electron chi connectivity index (χ3n) is 6.89. The number of hydrogen-bond donors (Lipinski definition) is 2. The van der Waals surface area contributed by atoms with Gasteiger partial charge in [0.25, 0.3) is 0 Å². The van der Waals surface area contributed by atoms with E-state index in [-0.39, 0.29) is 10.6 Å². The number of fused-ring (bicyclic) bond motifs is 1. The molecule has 10 nitrogen and oxygen atoms in total. The van der Waals surface area contributed by atoms with Gasteiger partial charge in [-0.1, -0.05) is 28.4 Å². The first kappa shape index (κ1) is 28.3. The summed E-state index contributed by atoms with van der Waals surface area (Å²) >= 11 is 14.2. The van der Waals surface area contributed by atoms with Gasteiger partial charge in [-0.15, -0.1) is 16.4 Å². The molecule has 214 valence electrons. The number of morpholine rings is 1. The molecule has 1 saturated heterocycles. The highest BCUT2D eigenvalue weighted by molar-refractivity contribution is 7.07. The van der Waals surface area contributed by atoms with Gasteiger partial charge in [0, 0.05) is 48.0 Å². The van der Waals surface area contributed by atoms with E-state index in [1.54, 1.807) is 17.6 Å². The predicted molar refractivity (Wildman–Crippen MR) is 161 cm³/mol. The lowest BCUT2D eigenvalue weighted by Crippen LogP contribution is -2.38. The van der Waals surface area contributed by atoms with Crippen LogP contribution < -0.4 is 10.6 Å². The third-order valence-corrected chi connectivity index (χ3v) is 8.08. The third kappa shape index (κ3) is 6.16. The molecule has 0 radical (unpaired) electrons. The molecule has 14 heteroatoms. The zero-order valence-electron chi connectivity index (χ0n) is 22.1. The zero-order chi connectivity index (χ0) is 29.1. The van der Waals surface area contributed by atoms with Crippen LogP contribution in [0.15, 0.2) is 53.6 Å². The van der Waals surface area contributed by atoms with Crippen molar-refractivity contribution in [1.29, 1.82) is 5.26 Å². The van der Waals surface area contributed by atoms with Crippen LogP contribution >= 0.6 is 34.5 Å². The molecule has 42 heavy (non-hydrogen) atoms. The molecule has 1 aliphatic rings. The van der Waals surface area contributed by atoms with Crippen LogP contribution in [0.4, 0.5) is 21.5 Å². The van der Waals surface area contributed by atoms with Gasteiger partial charge in [-0.05, 0) is 30.3 Å². The van der Waals surface area contributed by atoms with Crippen LogP contribution in [0.2, 0.25) is 10.0 Å². The summed E-state index contributed by atoms with van der Waals surface area (Å²) in [7, 11) is 0. The van der Waals surface area contributed by atoms with Crippen molar-refractivity contribution >= 4 is 62.5 Å². The first-order valence-corrected chi connectivity index (χ1v) is 14.8. The molecule has 5 aromatic rings. The fraction of sp³-hybridized carbons (Fsp3) is 0.250. The van der Waals surface area contributed by atoms with Crippen molar-refractivity contribution in [3.8, 4) is 6.07 Å². The number of rotatable bonds is 9. The highest BCUT2D eigenvalue weighted by Gasteiger charge is 2.22. The van der Waals surface area contributed by atoms with Crippen LogP contribution in [0.3, 0.4) is 0 Å². The molecule has 4 heterocycles. The van der Waals surface area contributed by atoms with Crippen LogP contribution in [0.1, 0.15) is 23.0 Å². The minimum atomic E-state index is -0.539. The van der Waals surface area contributed by atoms with Crippen LogP contribution in [0.25, 0.3) is 10.9 Å². The van der Waals surface area contributed by atoms with Crippen LogP contribution in [0, 0.1) is 17.1 Å². The van der Waals surface area contributed by atoms with E-state index >= 15 is 0 Å². The second-order valence-electron chi connectivity index (χ2n) is 9.62. The summed E-state index contributed by atoms with van der Waals surface area (Å²) in [6.45, 7) is 4.84. The molecule has 0 saturated carbocycles. The highest BCUT2D eigenvalue weighted by atomic mass is 35.5. The Hall–Kier alpha value is -3.86. The van der Waals surface area contributed by atoms with Crippen molar-refractivity contribution < 1.29 is 9.13 Å². The Morgan fingerprint density at radius 2 is 1.90 bits per heavy atom. The second kappa shape index (κ2) is 12.6. The Bertz CT molecular complexity index is 1750. The Kier molecular flexibility index (Phi) is 8.46. The van der Waals surface area contributed by atoms with Crippen molar-refractivity contribution in [2.75, 3.05) is 43.5 Å². The summed E-state index contributed by atoms with van der Waals surface area (Å²) in [6.07, 6.45) is 3.36. The maximum Gasteiger partial charge on any atom is 0.141 e. The number of hydrogen-bond acceptors (Lipinski definition) is 10. The van der Waals surface area contributed by atoms with Crippen LogP contribution in [-0.2, 0) is 11.3 Å². The number of pyridine rings is 1. The van der Waals surface area contributed by atoms with E-state index in [1.807, 2.05) is 22.3 Å². The SMILES string of the molecule is N#Cc1cnc2c(Cl)cc(N[C@@H](c3cscn3)c3cn(CCN4CCOCC4)nn3)cc2c1Nc1ccc(F)c(Cl)c1. The number of ether oxygens (including phenoxy) is 1. The minimum Gasteiger partial charge on any atom is -0.379 e. The smallest absolute Gasteiger partial charge is 0.141 e. The second-order valence-corrected chi connectivity index (χ2v) is 11.2. The highest BCUT2D eigenvalue weighted by Crippen LogP contribution is 2.37. The number of nitrogens with zero attached hydrogens (tertiary/aromatic N) is 7. The monoisotopic (exact) mass is 623 g/mol. The number of benzene rings is 2. The van der Waals surface area contributed by atoms with Crippen molar-refractivity contribution in [2.45, 2.75) is 12.6 Å². The van der Waals surface area contributed by atoms with Gasteiger partial charge in [-0.25, -0.2) is 9.37 Å². The van der Waals surface area contributed by atoms with E-state index in [4.69, 9.17) is 27.9 Å². The predicted octanol–water partition coefficient (Wildman–Crippen LogP) is 5.88. The molecule has 1 aliphatic heterocycles. The zero-order valence-corrected chi connectivity index (χ0v) is 24.4. The molecule has 6 rings (SSSR count). The van der Waals surface area contributed by atoms with Gasteiger partial charge >= 0.3 is 0 Å². The molecule has 0 amide bonds. The Morgan fingerprint density at radius 1 is 1.07 bits per heavy atom. The summed E-state index contributed by atoms with van der Waals surface area (Å²) in [4.78, 5) is 11.3. The average molecular weight is 625 g/mol.